The second-order valence-corrected chi connectivity index (χ2v) is 4.48. The van der Waals surface area contributed by atoms with Crippen LogP contribution in [0.1, 0.15) is 11.7 Å². The summed E-state index contributed by atoms with van der Waals surface area (Å²) in [5, 5.41) is 21.6. The van der Waals surface area contributed by atoms with E-state index in [2.05, 4.69) is 0 Å². The van der Waals surface area contributed by atoms with Gasteiger partial charge in [-0.3, -0.25) is 0 Å². The topological polar surface area (TPSA) is 49.7 Å². The highest BCUT2D eigenvalue weighted by Crippen LogP contribution is 2.24. The Bertz CT molecular complexity index is 452. The summed E-state index contributed by atoms with van der Waals surface area (Å²) in [5.41, 5.74) is 0.851. The summed E-state index contributed by atoms with van der Waals surface area (Å²) in [6.45, 7) is 0.463. The third-order valence-electron chi connectivity index (χ3n) is 2.37. The lowest BCUT2D eigenvalue weighted by Gasteiger charge is -2.11. The highest BCUT2D eigenvalue weighted by Gasteiger charge is 2.08. The molecule has 2 rings (SSSR count). The van der Waals surface area contributed by atoms with Gasteiger partial charge in [0.25, 0.3) is 0 Å². The molecule has 0 aliphatic carbocycles. The number of hydrogen-bond acceptors (Lipinski definition) is 4. The van der Waals surface area contributed by atoms with Gasteiger partial charge < -0.3 is 14.9 Å². The number of hydrogen-bond donors (Lipinski definition) is 2. The Morgan fingerprint density at radius 2 is 2.19 bits per heavy atom. The van der Waals surface area contributed by atoms with Crippen LogP contribution in [0.3, 0.4) is 0 Å². The van der Waals surface area contributed by atoms with Gasteiger partial charge in [-0.05, 0) is 34.5 Å². The van der Waals surface area contributed by atoms with E-state index in [1.165, 1.54) is 4.70 Å². The number of benzene rings is 1. The molecule has 2 N–H and O–H groups in total. The molecule has 0 saturated carbocycles. The average Bonchev–Trinajstić information content (AvgIpc) is 2.76. The Labute approximate surface area is 97.9 Å². The minimum atomic E-state index is -0.629. The SMILES string of the molecule is OCCOCC(O)c1ccc2sccc2c1. The van der Waals surface area contributed by atoms with E-state index < -0.39 is 6.10 Å². The maximum Gasteiger partial charge on any atom is 0.102 e. The van der Waals surface area contributed by atoms with Gasteiger partial charge in [0.15, 0.2) is 0 Å². The van der Waals surface area contributed by atoms with E-state index in [9.17, 15) is 5.11 Å². The van der Waals surface area contributed by atoms with Gasteiger partial charge >= 0.3 is 0 Å². The lowest BCUT2D eigenvalue weighted by Crippen LogP contribution is -2.09. The Morgan fingerprint density at radius 3 is 3.00 bits per heavy atom. The van der Waals surface area contributed by atoms with E-state index in [0.717, 1.165) is 10.9 Å². The molecule has 0 saturated heterocycles. The highest BCUT2D eigenvalue weighted by atomic mass is 32.1. The van der Waals surface area contributed by atoms with Crippen LogP contribution >= 0.6 is 11.3 Å². The van der Waals surface area contributed by atoms with Crippen molar-refractivity contribution in [3.05, 3.63) is 35.2 Å². The smallest absolute Gasteiger partial charge is 0.102 e. The van der Waals surface area contributed by atoms with Crippen molar-refractivity contribution in [1.29, 1.82) is 0 Å². The van der Waals surface area contributed by atoms with E-state index in [0.29, 0.717) is 0 Å². The zero-order chi connectivity index (χ0) is 11.4. The molecule has 0 amide bonds. The fraction of sp³-hybridized carbons (Fsp3) is 0.333. The van der Waals surface area contributed by atoms with Crippen LogP contribution in [0, 0.1) is 0 Å². The average molecular weight is 238 g/mol. The molecule has 0 aliphatic rings. The summed E-state index contributed by atoms with van der Waals surface area (Å²) in [7, 11) is 0. The molecule has 86 valence electrons. The monoisotopic (exact) mass is 238 g/mol. The minimum Gasteiger partial charge on any atom is -0.394 e. The summed E-state index contributed by atoms with van der Waals surface area (Å²) in [5.74, 6) is 0. The number of aliphatic hydroxyl groups is 2. The van der Waals surface area contributed by atoms with Crippen molar-refractivity contribution in [3.63, 3.8) is 0 Å². The first-order valence-corrected chi connectivity index (χ1v) is 6.03. The van der Waals surface area contributed by atoms with Crippen LogP contribution in [0.5, 0.6) is 0 Å². The molecule has 1 heterocycles. The zero-order valence-electron chi connectivity index (χ0n) is 8.80. The van der Waals surface area contributed by atoms with E-state index in [4.69, 9.17) is 9.84 Å². The largest absolute Gasteiger partial charge is 0.394 e. The van der Waals surface area contributed by atoms with Gasteiger partial charge in [0.05, 0.1) is 19.8 Å². The van der Waals surface area contributed by atoms with E-state index >= 15 is 0 Å². The standard InChI is InChI=1S/C12H14O3S/c13-4-5-15-8-11(14)9-1-2-12-10(7-9)3-6-16-12/h1-3,6-7,11,13-14H,4-5,8H2. The molecule has 16 heavy (non-hydrogen) atoms. The third-order valence-corrected chi connectivity index (χ3v) is 3.27. The van der Waals surface area contributed by atoms with Crippen LogP contribution in [0.15, 0.2) is 29.6 Å². The molecule has 4 heteroatoms. The number of aliphatic hydroxyl groups excluding tert-OH is 2. The lowest BCUT2D eigenvalue weighted by molar-refractivity contribution is 0.0207. The fourth-order valence-electron chi connectivity index (χ4n) is 1.55. The summed E-state index contributed by atoms with van der Waals surface area (Å²) in [4.78, 5) is 0. The summed E-state index contributed by atoms with van der Waals surface area (Å²) in [6, 6.07) is 7.92. The molecule has 0 bridgehead atoms. The Kier molecular flexibility index (Phi) is 3.90. The Balaban J connectivity index is 2.07. The molecule has 0 aliphatic heterocycles. The maximum atomic E-state index is 9.84. The van der Waals surface area contributed by atoms with E-state index in [1.54, 1.807) is 11.3 Å². The molecular weight excluding hydrogens is 224 g/mol. The molecule has 1 atom stereocenters. The normalized spacial score (nSPS) is 13.1. The zero-order valence-corrected chi connectivity index (χ0v) is 9.61. The van der Waals surface area contributed by atoms with Gasteiger partial charge in [0.1, 0.15) is 6.10 Å². The van der Waals surface area contributed by atoms with Crippen LogP contribution in [0.25, 0.3) is 10.1 Å². The van der Waals surface area contributed by atoms with Gasteiger partial charge in [-0.25, -0.2) is 0 Å². The second kappa shape index (κ2) is 5.41. The quantitative estimate of drug-likeness (QED) is 0.783. The summed E-state index contributed by atoms with van der Waals surface area (Å²) < 4.78 is 6.31. The fourth-order valence-corrected chi connectivity index (χ4v) is 2.32. The molecule has 2 aromatic rings. The number of ether oxygens (including phenoxy) is 1. The number of thiophene rings is 1. The predicted octanol–water partition coefficient (Wildman–Crippen LogP) is 1.94. The molecule has 0 fully saturated rings. The first kappa shape index (κ1) is 11.5. The Morgan fingerprint density at radius 1 is 1.31 bits per heavy atom. The van der Waals surface area contributed by atoms with Crippen molar-refractivity contribution in [2.45, 2.75) is 6.10 Å². The van der Waals surface area contributed by atoms with Crippen LogP contribution in [0.4, 0.5) is 0 Å². The van der Waals surface area contributed by atoms with Crippen LogP contribution in [0.2, 0.25) is 0 Å². The molecule has 0 spiro atoms. The Hall–Kier alpha value is -0.940. The second-order valence-electron chi connectivity index (χ2n) is 3.53. The van der Waals surface area contributed by atoms with Crippen molar-refractivity contribution >= 4 is 21.4 Å². The van der Waals surface area contributed by atoms with Gasteiger partial charge in [-0.2, -0.15) is 0 Å². The van der Waals surface area contributed by atoms with Crippen molar-refractivity contribution in [1.82, 2.24) is 0 Å². The van der Waals surface area contributed by atoms with Crippen LogP contribution in [-0.2, 0) is 4.74 Å². The summed E-state index contributed by atoms with van der Waals surface area (Å²) >= 11 is 1.68. The third kappa shape index (κ3) is 2.59. The van der Waals surface area contributed by atoms with Crippen molar-refractivity contribution in [2.24, 2.45) is 0 Å². The van der Waals surface area contributed by atoms with Crippen molar-refractivity contribution < 1.29 is 14.9 Å². The first-order valence-electron chi connectivity index (χ1n) is 5.15. The summed E-state index contributed by atoms with van der Waals surface area (Å²) in [6.07, 6.45) is -0.629. The minimum absolute atomic E-state index is 0.0176. The van der Waals surface area contributed by atoms with Crippen LogP contribution < -0.4 is 0 Å². The first-order chi connectivity index (χ1) is 7.81. The number of rotatable bonds is 5. The van der Waals surface area contributed by atoms with E-state index in [1.807, 2.05) is 29.6 Å². The van der Waals surface area contributed by atoms with Crippen LogP contribution in [-0.4, -0.2) is 30.0 Å². The molecular formula is C12H14O3S. The van der Waals surface area contributed by atoms with Gasteiger partial charge in [-0.15, -0.1) is 11.3 Å². The predicted molar refractivity (Wildman–Crippen MR) is 64.7 cm³/mol. The maximum absolute atomic E-state index is 9.84. The van der Waals surface area contributed by atoms with Crippen molar-refractivity contribution in [2.75, 3.05) is 19.8 Å². The van der Waals surface area contributed by atoms with Gasteiger partial charge in [-0.1, -0.05) is 6.07 Å². The molecule has 1 aromatic carbocycles. The highest BCUT2D eigenvalue weighted by molar-refractivity contribution is 7.17. The van der Waals surface area contributed by atoms with Gasteiger partial charge in [0, 0.05) is 4.70 Å². The lowest BCUT2D eigenvalue weighted by atomic mass is 10.1. The van der Waals surface area contributed by atoms with Crippen molar-refractivity contribution in [3.8, 4) is 0 Å². The number of fused-ring (bicyclic) bond motifs is 1. The molecule has 1 aromatic heterocycles. The van der Waals surface area contributed by atoms with E-state index in [-0.39, 0.29) is 19.8 Å². The molecule has 0 radical (unpaired) electrons. The molecule has 1 unspecified atom stereocenters. The molecule has 3 nitrogen and oxygen atoms in total. The van der Waals surface area contributed by atoms with Gasteiger partial charge in [0.2, 0.25) is 0 Å².